The van der Waals surface area contributed by atoms with Crippen LogP contribution in [0.2, 0.25) is 0 Å². The monoisotopic (exact) mass is 268 g/mol. The van der Waals surface area contributed by atoms with Crippen LogP contribution < -0.4 is 4.74 Å². The van der Waals surface area contributed by atoms with E-state index in [2.05, 4.69) is 49.3 Å². The van der Waals surface area contributed by atoms with Crippen LogP contribution in [0.4, 0.5) is 0 Å². The maximum Gasteiger partial charge on any atom is 0.137 e. The molecule has 0 aromatic heterocycles. The summed E-state index contributed by atoms with van der Waals surface area (Å²) in [6.07, 6.45) is 1.76. The summed E-state index contributed by atoms with van der Waals surface area (Å²) in [6, 6.07) is 6.13. The molecule has 0 fully saturated rings. The number of hydrogen-bond acceptors (Lipinski definition) is 1. The quantitative estimate of drug-likeness (QED) is 0.743. The van der Waals surface area contributed by atoms with Gasteiger partial charge >= 0.3 is 0 Å². The molecule has 0 saturated carbocycles. The largest absolute Gasteiger partial charge is 0.488 e. The second kappa shape index (κ2) is 4.84. The zero-order chi connectivity index (χ0) is 11.5. The van der Waals surface area contributed by atoms with Crippen LogP contribution in [-0.4, -0.2) is 6.61 Å². The second-order valence-corrected chi connectivity index (χ2v) is 5.32. The van der Waals surface area contributed by atoms with Gasteiger partial charge in [0.2, 0.25) is 0 Å². The number of para-hydroxylation sites is 1. The summed E-state index contributed by atoms with van der Waals surface area (Å²) in [5, 5.41) is 0. The van der Waals surface area contributed by atoms with E-state index in [9.17, 15) is 0 Å². The molecule has 1 nitrogen and oxygen atoms in total. The highest BCUT2D eigenvalue weighted by molar-refractivity contribution is 9.10. The Morgan fingerprint density at radius 1 is 1.40 bits per heavy atom. The van der Waals surface area contributed by atoms with Gasteiger partial charge in [-0.15, -0.1) is 0 Å². The lowest BCUT2D eigenvalue weighted by atomic mass is 9.86. The Balaban J connectivity index is 3.14. The maximum atomic E-state index is 5.68. The minimum atomic E-state index is 0.0836. The SMILES string of the molecule is C=CCOc1c(Br)cccc1C(C)(C)C. The molecule has 0 radical (unpaired) electrons. The zero-order valence-electron chi connectivity index (χ0n) is 9.51. The van der Waals surface area contributed by atoms with Crippen molar-refractivity contribution in [2.45, 2.75) is 26.2 Å². The lowest BCUT2D eigenvalue weighted by Crippen LogP contribution is -2.13. The third-order valence-corrected chi connectivity index (χ3v) is 2.74. The molecule has 1 aromatic rings. The van der Waals surface area contributed by atoms with Crippen molar-refractivity contribution in [3.05, 3.63) is 40.9 Å². The van der Waals surface area contributed by atoms with Crippen LogP contribution in [0.25, 0.3) is 0 Å². The van der Waals surface area contributed by atoms with Gasteiger partial charge in [0.15, 0.2) is 0 Å². The van der Waals surface area contributed by atoms with Crippen LogP contribution in [0, 0.1) is 0 Å². The van der Waals surface area contributed by atoms with Gasteiger partial charge in [-0.2, -0.15) is 0 Å². The van der Waals surface area contributed by atoms with E-state index >= 15 is 0 Å². The Bertz CT molecular complexity index is 350. The molecule has 82 valence electrons. The average Bonchev–Trinajstić information content (AvgIpc) is 2.14. The highest BCUT2D eigenvalue weighted by Gasteiger charge is 2.20. The Hall–Kier alpha value is -0.760. The maximum absolute atomic E-state index is 5.68. The number of halogens is 1. The fraction of sp³-hybridized carbons (Fsp3) is 0.385. The molecule has 0 aliphatic heterocycles. The number of hydrogen-bond donors (Lipinski definition) is 0. The van der Waals surface area contributed by atoms with Gasteiger partial charge in [-0.3, -0.25) is 0 Å². The predicted octanol–water partition coefficient (Wildman–Crippen LogP) is 4.31. The second-order valence-electron chi connectivity index (χ2n) is 4.47. The molecule has 0 bridgehead atoms. The van der Waals surface area contributed by atoms with E-state index in [0.29, 0.717) is 6.61 Å². The topological polar surface area (TPSA) is 9.23 Å². The third kappa shape index (κ3) is 3.10. The summed E-state index contributed by atoms with van der Waals surface area (Å²) >= 11 is 3.51. The van der Waals surface area contributed by atoms with E-state index in [1.165, 1.54) is 5.56 Å². The highest BCUT2D eigenvalue weighted by Crippen LogP contribution is 2.36. The fourth-order valence-electron chi connectivity index (χ4n) is 1.39. The van der Waals surface area contributed by atoms with Gasteiger partial charge in [0.1, 0.15) is 12.4 Å². The van der Waals surface area contributed by atoms with Crippen molar-refractivity contribution in [1.29, 1.82) is 0 Å². The minimum Gasteiger partial charge on any atom is -0.488 e. The first kappa shape index (κ1) is 12.3. The fourth-order valence-corrected chi connectivity index (χ4v) is 1.87. The van der Waals surface area contributed by atoms with Gasteiger partial charge in [0.05, 0.1) is 4.47 Å². The van der Waals surface area contributed by atoms with E-state index in [4.69, 9.17) is 4.74 Å². The summed E-state index contributed by atoms with van der Waals surface area (Å²) in [4.78, 5) is 0. The minimum absolute atomic E-state index is 0.0836. The molecular formula is C13H17BrO. The van der Waals surface area contributed by atoms with Crippen molar-refractivity contribution >= 4 is 15.9 Å². The van der Waals surface area contributed by atoms with Crippen molar-refractivity contribution in [2.24, 2.45) is 0 Å². The van der Waals surface area contributed by atoms with E-state index in [1.807, 2.05) is 12.1 Å². The van der Waals surface area contributed by atoms with Crippen LogP contribution in [0.3, 0.4) is 0 Å². The zero-order valence-corrected chi connectivity index (χ0v) is 11.1. The van der Waals surface area contributed by atoms with Crippen LogP contribution in [0.5, 0.6) is 5.75 Å². The molecule has 0 aliphatic carbocycles. The molecule has 0 unspecified atom stereocenters. The molecule has 1 aromatic carbocycles. The summed E-state index contributed by atoms with van der Waals surface area (Å²) in [5.74, 6) is 0.921. The molecule has 2 heteroatoms. The molecule has 0 amide bonds. The van der Waals surface area contributed by atoms with Crippen LogP contribution in [-0.2, 0) is 5.41 Å². The number of ether oxygens (including phenoxy) is 1. The van der Waals surface area contributed by atoms with Gasteiger partial charge in [-0.25, -0.2) is 0 Å². The first-order valence-electron chi connectivity index (χ1n) is 4.99. The van der Waals surface area contributed by atoms with Crippen molar-refractivity contribution in [1.82, 2.24) is 0 Å². The highest BCUT2D eigenvalue weighted by atomic mass is 79.9. The Labute approximate surface area is 100 Å². The molecule has 0 spiro atoms. The molecule has 0 saturated heterocycles. The lowest BCUT2D eigenvalue weighted by Gasteiger charge is -2.23. The first-order valence-corrected chi connectivity index (χ1v) is 5.79. The summed E-state index contributed by atoms with van der Waals surface area (Å²) in [6.45, 7) is 10.7. The molecule has 1 rings (SSSR count). The van der Waals surface area contributed by atoms with Crippen molar-refractivity contribution < 1.29 is 4.74 Å². The van der Waals surface area contributed by atoms with E-state index in [0.717, 1.165) is 10.2 Å². The summed E-state index contributed by atoms with van der Waals surface area (Å²) in [5.41, 5.74) is 1.29. The van der Waals surface area contributed by atoms with Gasteiger partial charge < -0.3 is 4.74 Å². The molecule has 0 atom stereocenters. The van der Waals surface area contributed by atoms with Gasteiger partial charge in [0.25, 0.3) is 0 Å². The van der Waals surface area contributed by atoms with Gasteiger partial charge in [0, 0.05) is 5.56 Å². The van der Waals surface area contributed by atoms with Crippen LogP contribution in [0.15, 0.2) is 35.3 Å². The van der Waals surface area contributed by atoms with E-state index < -0.39 is 0 Å². The van der Waals surface area contributed by atoms with Crippen LogP contribution >= 0.6 is 15.9 Å². The Morgan fingerprint density at radius 3 is 2.60 bits per heavy atom. The smallest absolute Gasteiger partial charge is 0.137 e. The first-order chi connectivity index (χ1) is 6.96. The van der Waals surface area contributed by atoms with Gasteiger partial charge in [-0.1, -0.05) is 45.6 Å². The third-order valence-electron chi connectivity index (χ3n) is 2.12. The summed E-state index contributed by atoms with van der Waals surface area (Å²) in [7, 11) is 0. The summed E-state index contributed by atoms with van der Waals surface area (Å²) < 4.78 is 6.68. The number of benzene rings is 1. The van der Waals surface area contributed by atoms with E-state index in [-0.39, 0.29) is 5.41 Å². The van der Waals surface area contributed by atoms with Crippen molar-refractivity contribution in [3.63, 3.8) is 0 Å². The van der Waals surface area contributed by atoms with Crippen LogP contribution in [0.1, 0.15) is 26.3 Å². The van der Waals surface area contributed by atoms with Crippen molar-refractivity contribution in [3.8, 4) is 5.75 Å². The predicted molar refractivity (Wildman–Crippen MR) is 68.5 cm³/mol. The molecule has 15 heavy (non-hydrogen) atoms. The van der Waals surface area contributed by atoms with Crippen molar-refractivity contribution in [2.75, 3.05) is 6.61 Å². The molecule has 0 N–H and O–H groups in total. The standard InChI is InChI=1S/C13H17BrO/c1-5-9-15-12-10(13(2,3)4)7-6-8-11(12)14/h5-8H,1,9H2,2-4H3. The number of rotatable bonds is 3. The lowest BCUT2D eigenvalue weighted by molar-refractivity contribution is 0.349. The molecule has 0 aliphatic rings. The van der Waals surface area contributed by atoms with Gasteiger partial charge in [-0.05, 0) is 27.4 Å². The Kier molecular flexibility index (Phi) is 3.97. The molecular weight excluding hydrogens is 252 g/mol. The van der Waals surface area contributed by atoms with E-state index in [1.54, 1.807) is 6.08 Å². The molecule has 0 heterocycles. The average molecular weight is 269 g/mol. The Morgan fingerprint density at radius 2 is 2.07 bits per heavy atom. The normalized spacial score (nSPS) is 11.2.